The molecule has 3 saturated carbocycles. The average molecular weight is 549 g/mol. The summed E-state index contributed by atoms with van der Waals surface area (Å²) in [4.78, 5) is 25.7. The van der Waals surface area contributed by atoms with Gasteiger partial charge in [0, 0.05) is 41.1 Å². The van der Waals surface area contributed by atoms with Gasteiger partial charge in [0.05, 0.1) is 24.3 Å². The molecule has 0 aromatic heterocycles. The first kappa shape index (κ1) is 24.9. The third kappa shape index (κ3) is 4.92. The molecule has 5 aliphatic rings. The van der Waals surface area contributed by atoms with Crippen molar-refractivity contribution in [1.82, 2.24) is 10.6 Å². The number of hydrogen-bond donors (Lipinski definition) is 2. The second kappa shape index (κ2) is 9.42. The minimum Gasteiger partial charge on any atom is -0.484 e. The molecule has 37 heavy (non-hydrogen) atoms. The molecule has 1 amide bonds. The molecule has 2 N–H and O–H groups in total. The summed E-state index contributed by atoms with van der Waals surface area (Å²) < 4.78 is 30.4. The number of hydrogen-bond acceptors (Lipinski definition) is 6. The van der Waals surface area contributed by atoms with Crippen molar-refractivity contribution in [2.45, 2.75) is 55.8 Å². The topological polar surface area (TPSA) is 85.9 Å². The fraction of sp³-hybridized carbons (Fsp3) is 0.481. The van der Waals surface area contributed by atoms with Crippen LogP contribution in [-0.2, 0) is 14.3 Å². The second-order valence-corrected chi connectivity index (χ2v) is 11.7. The predicted octanol–water partition coefficient (Wildman–Crippen LogP) is 4.39. The number of carbonyl (C=O) groups is 2. The molecule has 2 aliphatic heterocycles. The zero-order valence-electron chi connectivity index (χ0n) is 20.0. The number of fused-ring (bicyclic) bond motifs is 1. The van der Waals surface area contributed by atoms with Crippen LogP contribution in [0, 0.1) is 11.2 Å². The van der Waals surface area contributed by atoms with Crippen molar-refractivity contribution in [3.05, 3.63) is 57.8 Å². The van der Waals surface area contributed by atoms with Crippen LogP contribution >= 0.6 is 23.2 Å². The average Bonchev–Trinajstić information content (AvgIpc) is 2.79. The molecular formula is C27H27Cl2FN2O5. The van der Waals surface area contributed by atoms with Gasteiger partial charge in [0.25, 0.3) is 5.91 Å². The van der Waals surface area contributed by atoms with Gasteiger partial charge in [-0.1, -0.05) is 23.2 Å². The molecule has 2 bridgehead atoms. The van der Waals surface area contributed by atoms with E-state index in [0.29, 0.717) is 36.8 Å². The fourth-order valence-corrected chi connectivity index (χ4v) is 6.56. The summed E-state index contributed by atoms with van der Waals surface area (Å²) in [5.41, 5.74) is 0.606. The monoisotopic (exact) mass is 548 g/mol. The Morgan fingerprint density at radius 1 is 1.11 bits per heavy atom. The van der Waals surface area contributed by atoms with Crippen LogP contribution in [0.25, 0.3) is 0 Å². The molecule has 4 fully saturated rings. The minimum absolute atomic E-state index is 0.00232. The Hall–Kier alpha value is -2.39. The van der Waals surface area contributed by atoms with E-state index in [1.807, 2.05) is 12.1 Å². The van der Waals surface area contributed by atoms with E-state index in [-0.39, 0.29) is 52.1 Å². The van der Waals surface area contributed by atoms with Crippen LogP contribution in [0.15, 0.2) is 36.4 Å². The van der Waals surface area contributed by atoms with E-state index in [9.17, 15) is 14.0 Å². The molecule has 0 spiro atoms. The summed E-state index contributed by atoms with van der Waals surface area (Å²) >= 11 is 11.9. The summed E-state index contributed by atoms with van der Waals surface area (Å²) in [5.74, 6) is 0.151. The van der Waals surface area contributed by atoms with Crippen molar-refractivity contribution < 1.29 is 28.2 Å². The van der Waals surface area contributed by atoms with Crippen LogP contribution in [-0.4, -0.2) is 49.2 Å². The van der Waals surface area contributed by atoms with Gasteiger partial charge in [-0.05, 0) is 55.0 Å². The van der Waals surface area contributed by atoms with E-state index >= 15 is 0 Å². The summed E-state index contributed by atoms with van der Waals surface area (Å²) in [6, 6.07) is 9.78. The van der Waals surface area contributed by atoms with Gasteiger partial charge in [0.15, 0.2) is 18.5 Å². The van der Waals surface area contributed by atoms with Crippen molar-refractivity contribution in [2.24, 2.45) is 5.41 Å². The Kier molecular flexibility index (Phi) is 6.34. The van der Waals surface area contributed by atoms with Crippen molar-refractivity contribution in [1.29, 1.82) is 0 Å². The lowest BCUT2D eigenvalue weighted by atomic mass is 9.38. The van der Waals surface area contributed by atoms with Crippen LogP contribution in [0.1, 0.15) is 43.7 Å². The van der Waals surface area contributed by atoms with Crippen LogP contribution in [0.3, 0.4) is 0 Å². The van der Waals surface area contributed by atoms with Crippen LogP contribution in [0.2, 0.25) is 10.0 Å². The third-order valence-corrected chi connectivity index (χ3v) is 8.40. The zero-order valence-corrected chi connectivity index (χ0v) is 21.5. The lowest BCUT2D eigenvalue weighted by Gasteiger charge is -2.70. The molecule has 2 aromatic rings. The lowest BCUT2D eigenvalue weighted by Crippen LogP contribution is -2.75. The van der Waals surface area contributed by atoms with Gasteiger partial charge >= 0.3 is 0 Å². The standard InChI is InChI=1S/C27H27Cl2FN2O5/c28-15-1-4-23-18(5-15)21(31-16-9-35-10-16)7-24(37-23)22(33)8-26-12-27(13-26,14-26)32-25(34)11-36-17-2-3-19(29)20(30)6-17/h1-6,16,21,24,31H,7-14H2,(H,32,34). The van der Waals surface area contributed by atoms with E-state index in [1.54, 1.807) is 6.07 Å². The van der Waals surface area contributed by atoms with Gasteiger partial charge in [-0.25, -0.2) is 4.39 Å². The molecule has 7 nitrogen and oxygen atoms in total. The van der Waals surface area contributed by atoms with Gasteiger partial charge in [0.2, 0.25) is 0 Å². The van der Waals surface area contributed by atoms with Crippen LogP contribution in [0.5, 0.6) is 11.5 Å². The predicted molar refractivity (Wildman–Crippen MR) is 135 cm³/mol. The van der Waals surface area contributed by atoms with Crippen LogP contribution in [0.4, 0.5) is 4.39 Å². The first-order valence-corrected chi connectivity index (χ1v) is 13.2. The maximum Gasteiger partial charge on any atom is 0.258 e. The first-order chi connectivity index (χ1) is 17.7. The lowest BCUT2D eigenvalue weighted by molar-refractivity contribution is -0.175. The van der Waals surface area contributed by atoms with Gasteiger partial charge in [0.1, 0.15) is 17.3 Å². The minimum atomic E-state index is -0.598. The number of Topliss-reactive ketones (excluding diaryl/α,β-unsaturated/α-hetero) is 1. The third-order valence-electron chi connectivity index (χ3n) is 7.86. The zero-order chi connectivity index (χ0) is 25.8. The number of ether oxygens (including phenoxy) is 3. The highest BCUT2D eigenvalue weighted by molar-refractivity contribution is 6.31. The van der Waals surface area contributed by atoms with Gasteiger partial charge in [-0.15, -0.1) is 0 Å². The highest BCUT2D eigenvalue weighted by atomic mass is 35.5. The quantitative estimate of drug-likeness (QED) is 0.483. The molecule has 2 aromatic carbocycles. The Labute approximate surface area is 223 Å². The number of amides is 1. The number of rotatable bonds is 9. The molecule has 0 radical (unpaired) electrons. The smallest absolute Gasteiger partial charge is 0.258 e. The summed E-state index contributed by atoms with van der Waals surface area (Å²) in [6.07, 6.45) is 2.72. The van der Waals surface area contributed by atoms with E-state index in [2.05, 4.69) is 10.6 Å². The fourth-order valence-electron chi connectivity index (χ4n) is 6.26. The molecule has 3 aliphatic carbocycles. The Morgan fingerprint density at radius 3 is 2.59 bits per heavy atom. The van der Waals surface area contributed by atoms with Crippen molar-refractivity contribution in [3.63, 3.8) is 0 Å². The van der Waals surface area contributed by atoms with Crippen LogP contribution < -0.4 is 20.1 Å². The largest absolute Gasteiger partial charge is 0.484 e. The van der Waals surface area contributed by atoms with Gasteiger partial charge in [-0.2, -0.15) is 0 Å². The molecule has 10 heteroatoms. The van der Waals surface area contributed by atoms with E-state index in [1.165, 1.54) is 12.1 Å². The molecular weight excluding hydrogens is 522 g/mol. The molecule has 7 rings (SSSR count). The number of nitrogens with one attached hydrogen (secondary N) is 2. The molecule has 2 atom stereocenters. The number of benzene rings is 2. The molecule has 1 saturated heterocycles. The van der Waals surface area contributed by atoms with Crippen molar-refractivity contribution >= 4 is 34.9 Å². The van der Waals surface area contributed by atoms with Crippen molar-refractivity contribution in [2.75, 3.05) is 19.8 Å². The summed E-state index contributed by atoms with van der Waals surface area (Å²) in [5, 5.41) is 7.24. The van der Waals surface area contributed by atoms with Gasteiger partial charge in [-0.3, -0.25) is 9.59 Å². The normalized spacial score (nSPS) is 29.6. The maximum atomic E-state index is 13.5. The number of ketones is 1. The van der Waals surface area contributed by atoms with E-state index in [0.717, 1.165) is 30.9 Å². The highest BCUT2D eigenvalue weighted by Gasteiger charge is 2.68. The Bertz CT molecular complexity index is 1230. The first-order valence-electron chi connectivity index (χ1n) is 12.4. The van der Waals surface area contributed by atoms with Crippen molar-refractivity contribution in [3.8, 4) is 11.5 Å². The van der Waals surface area contributed by atoms with E-state index < -0.39 is 11.9 Å². The number of carbonyl (C=O) groups excluding carboxylic acids is 2. The molecule has 2 unspecified atom stereocenters. The second-order valence-electron chi connectivity index (χ2n) is 10.8. The summed E-state index contributed by atoms with van der Waals surface area (Å²) in [6.45, 7) is 1.10. The Morgan fingerprint density at radius 2 is 1.89 bits per heavy atom. The molecule has 2 heterocycles. The Balaban J connectivity index is 1.01. The van der Waals surface area contributed by atoms with Gasteiger partial charge < -0.3 is 24.8 Å². The maximum absolute atomic E-state index is 13.5. The summed E-state index contributed by atoms with van der Waals surface area (Å²) in [7, 11) is 0. The SMILES string of the molecule is O=C(COc1ccc(Cl)c(F)c1)NC12CC(CC(=O)C3CC(NC4COC4)c4cc(Cl)ccc4O3)(C1)C2. The number of halogens is 3. The van der Waals surface area contributed by atoms with E-state index in [4.69, 9.17) is 37.4 Å². The molecule has 196 valence electrons. The highest BCUT2D eigenvalue weighted by Crippen LogP contribution is 2.69.